The first-order valence-electron chi connectivity index (χ1n) is 3.40. The summed E-state index contributed by atoms with van der Waals surface area (Å²) in [5, 5.41) is 0. The van der Waals surface area contributed by atoms with Crippen molar-refractivity contribution < 1.29 is 0 Å². The summed E-state index contributed by atoms with van der Waals surface area (Å²) in [5.74, 6) is 0. The predicted molar refractivity (Wildman–Crippen MR) is 57.6 cm³/mol. The van der Waals surface area contributed by atoms with Gasteiger partial charge in [0.1, 0.15) is 0 Å². The average molecular weight is 281 g/mol. The van der Waals surface area contributed by atoms with Crippen LogP contribution in [0.1, 0.15) is 13.8 Å². The van der Waals surface area contributed by atoms with Crippen molar-refractivity contribution in [1.29, 1.82) is 0 Å². The SMILES string of the molecule is CC.Nc1cc(Br)cc(Br)c1. The Morgan fingerprint density at radius 1 is 1.00 bits per heavy atom. The van der Waals surface area contributed by atoms with Gasteiger partial charge in [-0.15, -0.1) is 0 Å². The Hall–Kier alpha value is -0.0200. The molecule has 1 nitrogen and oxygen atoms in total. The highest BCUT2D eigenvalue weighted by Gasteiger charge is 1.90. The Balaban J connectivity index is 0.000000461. The van der Waals surface area contributed by atoms with E-state index in [1.54, 1.807) is 0 Å². The number of nitrogens with two attached hydrogens (primary N) is 1. The van der Waals surface area contributed by atoms with E-state index in [0.717, 1.165) is 14.6 Å². The molecule has 0 fully saturated rings. The summed E-state index contributed by atoms with van der Waals surface area (Å²) in [6.07, 6.45) is 0. The molecule has 2 N–H and O–H groups in total. The lowest BCUT2D eigenvalue weighted by atomic mass is 10.3. The van der Waals surface area contributed by atoms with Gasteiger partial charge in [0.2, 0.25) is 0 Å². The zero-order valence-corrected chi connectivity index (χ0v) is 9.74. The molecular weight excluding hydrogens is 270 g/mol. The van der Waals surface area contributed by atoms with Crippen LogP contribution in [0.4, 0.5) is 5.69 Å². The van der Waals surface area contributed by atoms with Crippen LogP contribution in [-0.4, -0.2) is 0 Å². The summed E-state index contributed by atoms with van der Waals surface area (Å²) in [6, 6.07) is 5.64. The third-order valence-corrected chi connectivity index (χ3v) is 1.80. The van der Waals surface area contributed by atoms with Crippen molar-refractivity contribution in [3.05, 3.63) is 27.1 Å². The minimum Gasteiger partial charge on any atom is -0.399 e. The first-order chi connectivity index (χ1) is 5.18. The monoisotopic (exact) mass is 279 g/mol. The highest BCUT2D eigenvalue weighted by molar-refractivity contribution is 9.11. The molecule has 0 aliphatic rings. The number of hydrogen-bond donors (Lipinski definition) is 1. The Bertz CT molecular complexity index is 173. The Morgan fingerprint density at radius 2 is 1.36 bits per heavy atom. The van der Waals surface area contributed by atoms with E-state index in [-0.39, 0.29) is 0 Å². The van der Waals surface area contributed by atoms with Gasteiger partial charge in [0.05, 0.1) is 0 Å². The standard InChI is InChI=1S/C6H5Br2N.C2H6/c7-4-1-5(8)3-6(9)2-4;1-2/h1-3H,9H2;1-2H3. The van der Waals surface area contributed by atoms with E-state index in [1.807, 2.05) is 32.0 Å². The summed E-state index contributed by atoms with van der Waals surface area (Å²) in [6.45, 7) is 4.00. The minimum atomic E-state index is 0.760. The first kappa shape index (κ1) is 11.0. The molecule has 0 aliphatic carbocycles. The first-order valence-corrected chi connectivity index (χ1v) is 4.98. The van der Waals surface area contributed by atoms with Gasteiger partial charge in [-0.3, -0.25) is 0 Å². The third kappa shape index (κ3) is 4.43. The Labute approximate surface area is 84.2 Å². The number of halogens is 2. The molecule has 0 amide bonds. The number of hydrogen-bond acceptors (Lipinski definition) is 1. The van der Waals surface area contributed by atoms with E-state index in [0.29, 0.717) is 0 Å². The van der Waals surface area contributed by atoms with Crippen molar-refractivity contribution in [3.63, 3.8) is 0 Å². The summed E-state index contributed by atoms with van der Waals surface area (Å²) in [5.41, 5.74) is 6.26. The van der Waals surface area contributed by atoms with Gasteiger partial charge in [0.15, 0.2) is 0 Å². The molecule has 11 heavy (non-hydrogen) atoms. The van der Waals surface area contributed by atoms with Crippen LogP contribution in [0.25, 0.3) is 0 Å². The van der Waals surface area contributed by atoms with Crippen molar-refractivity contribution in [3.8, 4) is 0 Å². The molecule has 0 atom stereocenters. The van der Waals surface area contributed by atoms with Gasteiger partial charge in [-0.05, 0) is 18.2 Å². The van der Waals surface area contributed by atoms with Crippen molar-refractivity contribution in [2.24, 2.45) is 0 Å². The minimum absolute atomic E-state index is 0.760. The maximum absolute atomic E-state index is 5.50. The maximum atomic E-state index is 5.50. The number of anilines is 1. The highest BCUT2D eigenvalue weighted by Crippen LogP contribution is 2.20. The summed E-state index contributed by atoms with van der Waals surface area (Å²) >= 11 is 6.61. The van der Waals surface area contributed by atoms with Gasteiger partial charge in [-0.1, -0.05) is 45.7 Å². The molecule has 0 aromatic heterocycles. The molecule has 0 saturated heterocycles. The molecule has 0 unspecified atom stereocenters. The zero-order valence-electron chi connectivity index (χ0n) is 6.57. The van der Waals surface area contributed by atoms with Crippen LogP contribution in [0, 0.1) is 0 Å². The van der Waals surface area contributed by atoms with E-state index in [9.17, 15) is 0 Å². The Kier molecular flexibility index (Phi) is 5.60. The van der Waals surface area contributed by atoms with E-state index in [1.165, 1.54) is 0 Å². The quantitative estimate of drug-likeness (QED) is 0.719. The largest absolute Gasteiger partial charge is 0.399 e. The lowest BCUT2D eigenvalue weighted by molar-refractivity contribution is 1.50. The molecule has 0 radical (unpaired) electrons. The van der Waals surface area contributed by atoms with Crippen LogP contribution in [-0.2, 0) is 0 Å². The van der Waals surface area contributed by atoms with Crippen LogP contribution >= 0.6 is 31.9 Å². The fraction of sp³-hybridized carbons (Fsp3) is 0.250. The molecule has 0 saturated carbocycles. The lowest BCUT2D eigenvalue weighted by Gasteiger charge is -1.94. The van der Waals surface area contributed by atoms with Crippen LogP contribution in [0.5, 0.6) is 0 Å². The van der Waals surface area contributed by atoms with Gasteiger partial charge in [0, 0.05) is 14.6 Å². The second-order valence-corrected chi connectivity index (χ2v) is 3.53. The van der Waals surface area contributed by atoms with Crippen LogP contribution in [0.15, 0.2) is 27.1 Å². The fourth-order valence-electron chi connectivity index (χ4n) is 0.575. The second kappa shape index (κ2) is 5.61. The van der Waals surface area contributed by atoms with Crippen molar-refractivity contribution in [2.45, 2.75) is 13.8 Å². The molecule has 0 aliphatic heterocycles. The molecule has 0 heterocycles. The van der Waals surface area contributed by atoms with E-state index in [4.69, 9.17) is 5.73 Å². The third-order valence-electron chi connectivity index (χ3n) is 0.885. The van der Waals surface area contributed by atoms with Gasteiger partial charge in [-0.25, -0.2) is 0 Å². The summed E-state index contributed by atoms with van der Waals surface area (Å²) in [7, 11) is 0. The molecule has 62 valence electrons. The smallest absolute Gasteiger partial charge is 0.0336 e. The summed E-state index contributed by atoms with van der Waals surface area (Å²) in [4.78, 5) is 0. The number of benzene rings is 1. The molecule has 0 bridgehead atoms. The molecule has 3 heteroatoms. The molecule has 1 rings (SSSR count). The topological polar surface area (TPSA) is 26.0 Å². The molecule has 1 aromatic carbocycles. The predicted octanol–water partition coefficient (Wildman–Crippen LogP) is 3.82. The van der Waals surface area contributed by atoms with Crippen molar-refractivity contribution >= 4 is 37.5 Å². The number of rotatable bonds is 0. The van der Waals surface area contributed by atoms with Crippen LogP contribution < -0.4 is 5.73 Å². The van der Waals surface area contributed by atoms with E-state index in [2.05, 4.69) is 31.9 Å². The van der Waals surface area contributed by atoms with Gasteiger partial charge in [0.25, 0.3) is 0 Å². The summed E-state index contributed by atoms with van der Waals surface area (Å²) < 4.78 is 1.99. The normalized spacial score (nSPS) is 8.36. The fourth-order valence-corrected chi connectivity index (χ4v) is 1.90. The van der Waals surface area contributed by atoms with E-state index < -0.39 is 0 Å². The number of nitrogen functional groups attached to an aromatic ring is 1. The lowest BCUT2D eigenvalue weighted by Crippen LogP contribution is -1.82. The van der Waals surface area contributed by atoms with Crippen molar-refractivity contribution in [1.82, 2.24) is 0 Å². The molecular formula is C8H11Br2N. The zero-order chi connectivity index (χ0) is 8.85. The van der Waals surface area contributed by atoms with Crippen molar-refractivity contribution in [2.75, 3.05) is 5.73 Å². The van der Waals surface area contributed by atoms with Gasteiger partial charge >= 0.3 is 0 Å². The van der Waals surface area contributed by atoms with E-state index >= 15 is 0 Å². The van der Waals surface area contributed by atoms with Crippen LogP contribution in [0.3, 0.4) is 0 Å². The highest BCUT2D eigenvalue weighted by atomic mass is 79.9. The second-order valence-electron chi connectivity index (χ2n) is 1.70. The Morgan fingerprint density at radius 3 is 1.64 bits per heavy atom. The maximum Gasteiger partial charge on any atom is 0.0336 e. The van der Waals surface area contributed by atoms with Gasteiger partial charge < -0.3 is 5.73 Å². The molecule has 1 aromatic rings. The van der Waals surface area contributed by atoms with Gasteiger partial charge in [-0.2, -0.15) is 0 Å². The van der Waals surface area contributed by atoms with Crippen LogP contribution in [0.2, 0.25) is 0 Å². The molecule has 0 spiro atoms. The average Bonchev–Trinajstić information content (AvgIpc) is 1.88.